The molecule has 1 amide bonds. The van der Waals surface area contributed by atoms with Gasteiger partial charge in [-0.3, -0.25) is 9.59 Å². The van der Waals surface area contributed by atoms with E-state index >= 15 is 0 Å². The number of nitrogens with zero attached hydrogens (tertiary/aromatic N) is 3. The molecular formula is C19H18N4O2S. The van der Waals surface area contributed by atoms with Gasteiger partial charge in [-0.2, -0.15) is 0 Å². The summed E-state index contributed by atoms with van der Waals surface area (Å²) in [4.78, 5) is 39.3. The summed E-state index contributed by atoms with van der Waals surface area (Å²) in [6.45, 7) is 6.35. The quantitative estimate of drug-likeness (QED) is 0.756. The molecule has 7 heteroatoms. The summed E-state index contributed by atoms with van der Waals surface area (Å²) in [5.41, 5.74) is 3.67. The normalized spacial score (nSPS) is 13.1. The molecule has 4 rings (SSSR count). The number of hydrogen-bond acceptors (Lipinski definition) is 5. The van der Waals surface area contributed by atoms with Gasteiger partial charge >= 0.3 is 0 Å². The number of aryl methyl sites for hydroxylation is 3. The molecule has 6 nitrogen and oxygen atoms in total. The van der Waals surface area contributed by atoms with Crippen molar-refractivity contribution in [1.29, 1.82) is 0 Å². The van der Waals surface area contributed by atoms with Gasteiger partial charge in [-0.15, -0.1) is 11.3 Å². The van der Waals surface area contributed by atoms with Crippen molar-refractivity contribution in [2.45, 2.75) is 33.9 Å². The Morgan fingerprint density at radius 3 is 2.73 bits per heavy atom. The number of H-pyrrole nitrogens is 1. The second kappa shape index (κ2) is 6.17. The van der Waals surface area contributed by atoms with Crippen LogP contribution in [0.4, 0.5) is 0 Å². The van der Waals surface area contributed by atoms with Crippen LogP contribution in [0.2, 0.25) is 0 Å². The van der Waals surface area contributed by atoms with Crippen molar-refractivity contribution >= 4 is 17.2 Å². The number of carbonyl (C=O) groups is 1. The van der Waals surface area contributed by atoms with E-state index in [9.17, 15) is 9.59 Å². The molecule has 0 bridgehead atoms. The van der Waals surface area contributed by atoms with Crippen LogP contribution < -0.4 is 5.56 Å². The third kappa shape index (κ3) is 2.84. The molecule has 0 aliphatic carbocycles. The maximum atomic E-state index is 13.0. The molecule has 0 spiro atoms. The van der Waals surface area contributed by atoms with Gasteiger partial charge in [-0.1, -0.05) is 12.1 Å². The molecule has 0 unspecified atom stereocenters. The van der Waals surface area contributed by atoms with Gasteiger partial charge in [0.05, 0.1) is 39.9 Å². The zero-order valence-electron chi connectivity index (χ0n) is 14.8. The summed E-state index contributed by atoms with van der Waals surface area (Å²) in [5.74, 6) is 0.474. The Labute approximate surface area is 154 Å². The first-order chi connectivity index (χ1) is 12.4. The SMILES string of the molecule is Cc1nc2c(c(=O)[nH]1)CN(C(=O)c1cccc(-c3sc(C)nc3C)c1)C2. The lowest BCUT2D eigenvalue weighted by atomic mass is 10.1. The highest BCUT2D eigenvalue weighted by Crippen LogP contribution is 2.31. The second-order valence-electron chi connectivity index (χ2n) is 6.47. The first-order valence-electron chi connectivity index (χ1n) is 8.35. The second-order valence-corrected chi connectivity index (χ2v) is 7.67. The molecule has 3 heterocycles. The molecule has 132 valence electrons. The largest absolute Gasteiger partial charge is 0.328 e. The molecule has 0 saturated heterocycles. The fraction of sp³-hybridized carbons (Fsp3) is 0.263. The summed E-state index contributed by atoms with van der Waals surface area (Å²) < 4.78 is 0. The topological polar surface area (TPSA) is 79.0 Å². The van der Waals surface area contributed by atoms with Gasteiger partial charge < -0.3 is 9.88 Å². The molecule has 0 saturated carbocycles. The number of thiazole rings is 1. The van der Waals surface area contributed by atoms with Crippen LogP contribution in [-0.4, -0.2) is 25.8 Å². The maximum absolute atomic E-state index is 13.0. The van der Waals surface area contributed by atoms with Gasteiger partial charge in [0.15, 0.2) is 0 Å². The lowest BCUT2D eigenvalue weighted by Gasteiger charge is -2.15. The average Bonchev–Trinajstić information content (AvgIpc) is 3.17. The predicted octanol–water partition coefficient (Wildman–Crippen LogP) is 2.97. The minimum atomic E-state index is -0.160. The molecule has 1 aliphatic heterocycles. The van der Waals surface area contributed by atoms with E-state index in [1.807, 2.05) is 32.0 Å². The minimum Gasteiger partial charge on any atom is -0.328 e. The Bertz CT molecular complexity index is 1080. The third-order valence-corrected chi connectivity index (χ3v) is 5.59. The van der Waals surface area contributed by atoms with Crippen molar-refractivity contribution in [3.63, 3.8) is 0 Å². The van der Waals surface area contributed by atoms with Crippen molar-refractivity contribution in [3.8, 4) is 10.4 Å². The Balaban J connectivity index is 1.64. The first kappa shape index (κ1) is 16.7. The van der Waals surface area contributed by atoms with E-state index in [-0.39, 0.29) is 11.5 Å². The van der Waals surface area contributed by atoms with Gasteiger partial charge in [0.2, 0.25) is 0 Å². The van der Waals surface area contributed by atoms with Crippen LogP contribution in [0.25, 0.3) is 10.4 Å². The lowest BCUT2D eigenvalue weighted by Crippen LogP contribution is -2.26. The molecule has 2 aromatic heterocycles. The number of nitrogens with one attached hydrogen (secondary N) is 1. The van der Waals surface area contributed by atoms with Crippen LogP contribution in [0.5, 0.6) is 0 Å². The van der Waals surface area contributed by atoms with E-state index in [0.29, 0.717) is 35.7 Å². The monoisotopic (exact) mass is 366 g/mol. The van der Waals surface area contributed by atoms with Gasteiger partial charge in [0.25, 0.3) is 11.5 Å². The van der Waals surface area contributed by atoms with Crippen LogP contribution in [-0.2, 0) is 13.1 Å². The van der Waals surface area contributed by atoms with Crippen LogP contribution in [0.1, 0.15) is 38.1 Å². The van der Waals surface area contributed by atoms with Gasteiger partial charge in [-0.05, 0) is 38.5 Å². The number of hydrogen-bond donors (Lipinski definition) is 1. The molecule has 1 aromatic carbocycles. The van der Waals surface area contributed by atoms with Crippen LogP contribution >= 0.6 is 11.3 Å². The van der Waals surface area contributed by atoms with E-state index < -0.39 is 0 Å². The molecule has 0 atom stereocenters. The highest BCUT2D eigenvalue weighted by atomic mass is 32.1. The molecule has 26 heavy (non-hydrogen) atoms. The summed E-state index contributed by atoms with van der Waals surface area (Å²) in [6.07, 6.45) is 0. The summed E-state index contributed by atoms with van der Waals surface area (Å²) in [7, 11) is 0. The lowest BCUT2D eigenvalue weighted by molar-refractivity contribution is 0.0750. The Hall–Kier alpha value is -2.80. The highest BCUT2D eigenvalue weighted by molar-refractivity contribution is 7.15. The van der Waals surface area contributed by atoms with E-state index in [1.54, 1.807) is 29.2 Å². The number of fused-ring (bicyclic) bond motifs is 1. The van der Waals surface area contributed by atoms with Gasteiger partial charge in [-0.25, -0.2) is 9.97 Å². The Morgan fingerprint density at radius 1 is 1.19 bits per heavy atom. The van der Waals surface area contributed by atoms with E-state index in [1.165, 1.54) is 0 Å². The molecule has 0 fully saturated rings. The number of rotatable bonds is 2. The summed E-state index contributed by atoms with van der Waals surface area (Å²) in [5, 5.41) is 1.00. The fourth-order valence-electron chi connectivity index (χ4n) is 3.31. The van der Waals surface area contributed by atoms with Gasteiger partial charge in [0, 0.05) is 5.56 Å². The minimum absolute atomic E-state index is 0.0965. The zero-order valence-corrected chi connectivity index (χ0v) is 15.6. The number of amides is 1. The number of aromatic nitrogens is 3. The Morgan fingerprint density at radius 2 is 2.00 bits per heavy atom. The van der Waals surface area contributed by atoms with Crippen molar-refractivity contribution in [3.05, 3.63) is 68.0 Å². The predicted molar refractivity (Wildman–Crippen MR) is 100 cm³/mol. The molecule has 1 aliphatic rings. The van der Waals surface area contributed by atoms with Gasteiger partial charge in [0.1, 0.15) is 5.82 Å². The maximum Gasteiger partial charge on any atom is 0.256 e. The molecule has 0 radical (unpaired) electrons. The number of benzene rings is 1. The van der Waals surface area contributed by atoms with Crippen molar-refractivity contribution in [2.24, 2.45) is 0 Å². The average molecular weight is 366 g/mol. The van der Waals surface area contributed by atoms with Crippen molar-refractivity contribution < 1.29 is 4.79 Å². The third-order valence-electron chi connectivity index (χ3n) is 4.47. The van der Waals surface area contributed by atoms with Crippen LogP contribution in [0.15, 0.2) is 29.1 Å². The van der Waals surface area contributed by atoms with Crippen LogP contribution in [0, 0.1) is 20.8 Å². The molecular weight excluding hydrogens is 348 g/mol. The highest BCUT2D eigenvalue weighted by Gasteiger charge is 2.28. The van der Waals surface area contributed by atoms with E-state index in [2.05, 4.69) is 15.0 Å². The van der Waals surface area contributed by atoms with Crippen molar-refractivity contribution in [2.75, 3.05) is 0 Å². The molecule has 3 aromatic rings. The van der Waals surface area contributed by atoms with E-state index in [4.69, 9.17) is 0 Å². The van der Waals surface area contributed by atoms with E-state index in [0.717, 1.165) is 21.1 Å². The summed E-state index contributed by atoms with van der Waals surface area (Å²) in [6, 6.07) is 7.58. The number of carbonyl (C=O) groups excluding carboxylic acids is 1. The zero-order chi connectivity index (χ0) is 18.4. The smallest absolute Gasteiger partial charge is 0.256 e. The Kier molecular flexibility index (Phi) is 3.96. The summed E-state index contributed by atoms with van der Waals surface area (Å²) >= 11 is 1.62. The van der Waals surface area contributed by atoms with Crippen LogP contribution in [0.3, 0.4) is 0 Å². The van der Waals surface area contributed by atoms with Crippen molar-refractivity contribution in [1.82, 2.24) is 19.9 Å². The standard InChI is InChI=1S/C19H18N4O2S/c1-10-17(26-12(3)20-10)13-5-4-6-14(7-13)19(25)23-8-15-16(9-23)21-11(2)22-18(15)24/h4-7H,8-9H2,1-3H3,(H,21,22,24). The fourth-order valence-corrected chi connectivity index (χ4v) is 4.22. The first-order valence-corrected chi connectivity index (χ1v) is 9.16. The molecule has 1 N–H and O–H groups in total. The number of aromatic amines is 1.